The highest BCUT2D eigenvalue weighted by Crippen LogP contribution is 2.25. The third-order valence-corrected chi connectivity index (χ3v) is 12.6. The molecule has 16 N–H and O–H groups in total. The predicted molar refractivity (Wildman–Crippen MR) is 312 cm³/mol. The minimum atomic E-state index is -0.906. The molecule has 0 aliphatic heterocycles. The first-order valence-electron chi connectivity index (χ1n) is 30.1. The van der Waals surface area contributed by atoms with Gasteiger partial charge in [-0.3, -0.25) is 0 Å². The molecule has 0 aliphatic rings. The first-order chi connectivity index (χ1) is 35.6. The Bertz CT molecular complexity index is 1070. The van der Waals surface area contributed by atoms with Crippen LogP contribution in [0.1, 0.15) is 287 Å². The fraction of sp³-hybridized carbons (Fsp3) is 1.00. The molecule has 0 aromatic rings. The second kappa shape index (κ2) is 60.5. The Morgan fingerprint density at radius 1 is 0.276 bits per heavy atom. The lowest BCUT2D eigenvalue weighted by Gasteiger charge is -2.30. The molecule has 6 unspecified atom stereocenters. The molecule has 0 rings (SSSR count). The molecule has 0 heterocycles. The normalized spacial score (nSPS) is 15.0. The number of hydrogen-bond acceptors (Lipinski definition) is 16. The van der Waals surface area contributed by atoms with E-state index in [2.05, 4.69) is 13.8 Å². The Morgan fingerprint density at radius 2 is 0.618 bits per heavy atom. The van der Waals surface area contributed by atoms with Gasteiger partial charge in [0.15, 0.2) is 0 Å². The van der Waals surface area contributed by atoms with E-state index in [1.165, 1.54) is 0 Å². The quantitative estimate of drug-likeness (QED) is 0.0254. The molecule has 0 radical (unpaired) electrons. The van der Waals surface area contributed by atoms with Crippen LogP contribution in [-0.4, -0.2) is 181 Å². The summed E-state index contributed by atoms with van der Waals surface area (Å²) in [6.45, 7) is 17.5. The molecule has 0 fully saturated rings. The Morgan fingerprint density at radius 3 is 0.947 bits per heavy atom. The van der Waals surface area contributed by atoms with Crippen molar-refractivity contribution >= 4 is 0 Å². The van der Waals surface area contributed by atoms with Crippen molar-refractivity contribution in [2.75, 3.05) is 52.9 Å². The monoisotopic (exact) mass is 1110 g/mol. The zero-order valence-corrected chi connectivity index (χ0v) is 50.8. The molecule has 6 atom stereocenters. The maximum absolute atomic E-state index is 9.82. The third-order valence-electron chi connectivity index (χ3n) is 12.6. The summed E-state index contributed by atoms with van der Waals surface area (Å²) in [5, 5.41) is 144. The summed E-state index contributed by atoms with van der Waals surface area (Å²) in [6.07, 6.45) is 30.9. The maximum Gasteiger partial charge on any atom is 0.0849 e. The van der Waals surface area contributed by atoms with Crippen LogP contribution in [0.25, 0.3) is 0 Å². The van der Waals surface area contributed by atoms with Crippen molar-refractivity contribution in [2.45, 2.75) is 333 Å². The lowest BCUT2D eigenvalue weighted by molar-refractivity contribution is -0.0408. The van der Waals surface area contributed by atoms with Crippen molar-refractivity contribution in [1.29, 1.82) is 0 Å². The molecule has 0 saturated carbocycles. The molecular weight excluding hydrogens is 977 g/mol. The summed E-state index contributed by atoms with van der Waals surface area (Å²) < 4.78 is 0. The van der Waals surface area contributed by atoms with Crippen LogP contribution in [0.5, 0.6) is 0 Å². The van der Waals surface area contributed by atoms with Crippen LogP contribution in [0.2, 0.25) is 0 Å². The van der Waals surface area contributed by atoms with Gasteiger partial charge in [0, 0.05) is 46.1 Å². The fourth-order valence-corrected chi connectivity index (χ4v) is 7.97. The van der Waals surface area contributed by atoms with Crippen LogP contribution in [0.3, 0.4) is 0 Å². The van der Waals surface area contributed by atoms with Crippen LogP contribution in [0.15, 0.2) is 0 Å². The second-order valence-corrected chi connectivity index (χ2v) is 23.4. The zero-order chi connectivity index (χ0) is 59.6. The van der Waals surface area contributed by atoms with E-state index in [9.17, 15) is 35.7 Å². The van der Waals surface area contributed by atoms with E-state index in [4.69, 9.17) is 46.0 Å². The number of aliphatic hydroxyl groups excluding tert-OH is 11. The second-order valence-electron chi connectivity index (χ2n) is 23.4. The highest BCUT2D eigenvalue weighted by Gasteiger charge is 2.28. The minimum absolute atomic E-state index is 0.0751. The summed E-state index contributed by atoms with van der Waals surface area (Å²) in [7, 11) is 0. The average Bonchev–Trinajstić information content (AvgIpc) is 3.34. The predicted octanol–water partition coefficient (Wildman–Crippen LogP) is 8.43. The lowest BCUT2D eigenvalue weighted by atomic mass is 9.87. The van der Waals surface area contributed by atoms with Crippen molar-refractivity contribution in [1.82, 2.24) is 0 Å². The molecule has 16 heteroatoms. The number of unbranched alkanes of at least 4 members (excludes halogenated alkanes) is 17. The standard InChI is InChI=1S/4C10H22O3.2C10H22O2/c1-10(13,9-12)7-5-3-2-4-6-8-11;11-8-4-2-1-3-6-10(13)7-5-9-12;11-8-5-3-1-2-4-6-10(13)7-9-12;11-8-6-4-2-1-3-5-7-10(13)9-12;1-5-6-10(4,12)8-7-9(2,3)11;1-5-6-7-10(4,12)8-9(2,3)11/h11-13H,2-9H2,1H3;3*10-13H,1-9H2;2*11-12H,5-8H2,1-4H3. The van der Waals surface area contributed by atoms with E-state index >= 15 is 0 Å². The summed E-state index contributed by atoms with van der Waals surface area (Å²) >= 11 is 0. The van der Waals surface area contributed by atoms with Crippen molar-refractivity contribution in [3.8, 4) is 0 Å². The van der Waals surface area contributed by atoms with Gasteiger partial charge in [-0.25, -0.2) is 0 Å². The van der Waals surface area contributed by atoms with Gasteiger partial charge >= 0.3 is 0 Å². The molecule has 0 bridgehead atoms. The third kappa shape index (κ3) is 87.2. The molecule has 0 spiro atoms. The van der Waals surface area contributed by atoms with Crippen LogP contribution < -0.4 is 0 Å². The maximum atomic E-state index is 9.82. The smallest absolute Gasteiger partial charge is 0.0849 e. The van der Waals surface area contributed by atoms with E-state index in [1.807, 2.05) is 6.92 Å². The van der Waals surface area contributed by atoms with E-state index in [1.54, 1.807) is 41.5 Å². The molecule has 76 heavy (non-hydrogen) atoms. The van der Waals surface area contributed by atoms with E-state index in [-0.39, 0.29) is 58.5 Å². The molecule has 16 nitrogen and oxygen atoms in total. The SMILES string of the molecule is CC(O)(CO)CCCCCCCO.CCCC(C)(O)CCC(C)(C)O.CCCCC(C)(O)CC(C)(C)O.OCCCCCCC(O)CCCO.OCCCCCCCC(O)CCO.OCCCCCCCCC(O)CO. The largest absolute Gasteiger partial charge is 0.396 e. The zero-order valence-electron chi connectivity index (χ0n) is 50.8. The molecule has 0 saturated heterocycles. The first kappa shape index (κ1) is 86.6. The minimum Gasteiger partial charge on any atom is -0.396 e. The van der Waals surface area contributed by atoms with Crippen molar-refractivity contribution in [3.63, 3.8) is 0 Å². The molecule has 468 valence electrons. The number of aliphatic hydroxyl groups is 16. The molecule has 0 aliphatic carbocycles. The van der Waals surface area contributed by atoms with Crippen molar-refractivity contribution in [2.24, 2.45) is 0 Å². The van der Waals surface area contributed by atoms with Crippen molar-refractivity contribution < 1.29 is 81.7 Å². The van der Waals surface area contributed by atoms with Gasteiger partial charge in [-0.2, -0.15) is 0 Å². The van der Waals surface area contributed by atoms with Gasteiger partial charge in [-0.15, -0.1) is 0 Å². The van der Waals surface area contributed by atoms with Crippen LogP contribution in [0.4, 0.5) is 0 Å². The summed E-state index contributed by atoms with van der Waals surface area (Å²) in [5.41, 5.74) is -3.64. The van der Waals surface area contributed by atoms with Gasteiger partial charge in [0.25, 0.3) is 0 Å². The highest BCUT2D eigenvalue weighted by atomic mass is 16.3. The Hall–Kier alpha value is -0.640. The summed E-state index contributed by atoms with van der Waals surface area (Å²) in [5.74, 6) is 0. The van der Waals surface area contributed by atoms with E-state index < -0.39 is 34.1 Å². The van der Waals surface area contributed by atoms with Gasteiger partial charge in [0.1, 0.15) is 0 Å². The molecule has 0 aromatic carbocycles. The van der Waals surface area contributed by atoms with Gasteiger partial charge in [0.2, 0.25) is 0 Å². The Labute approximate surface area is 466 Å². The average molecular weight is 1110 g/mol. The summed E-state index contributed by atoms with van der Waals surface area (Å²) in [4.78, 5) is 0. The van der Waals surface area contributed by atoms with Gasteiger partial charge in [-0.1, -0.05) is 136 Å². The van der Waals surface area contributed by atoms with Gasteiger partial charge < -0.3 is 81.7 Å². The summed E-state index contributed by atoms with van der Waals surface area (Å²) in [6, 6.07) is 0. The Kier molecular flexibility index (Phi) is 68.9. The van der Waals surface area contributed by atoms with Crippen LogP contribution >= 0.6 is 0 Å². The van der Waals surface area contributed by atoms with E-state index in [0.29, 0.717) is 58.0 Å². The Balaban J connectivity index is -0.000000193. The lowest BCUT2D eigenvalue weighted by Crippen LogP contribution is -2.35. The highest BCUT2D eigenvalue weighted by molar-refractivity contribution is 4.81. The number of hydrogen-bond donors (Lipinski definition) is 16. The van der Waals surface area contributed by atoms with Gasteiger partial charge in [0.05, 0.1) is 59.5 Å². The van der Waals surface area contributed by atoms with E-state index in [0.717, 1.165) is 173 Å². The topological polar surface area (TPSA) is 324 Å². The van der Waals surface area contributed by atoms with Crippen molar-refractivity contribution in [3.05, 3.63) is 0 Å². The number of rotatable bonds is 45. The fourth-order valence-electron chi connectivity index (χ4n) is 7.97. The first-order valence-corrected chi connectivity index (χ1v) is 30.1. The van der Waals surface area contributed by atoms with Gasteiger partial charge in [-0.05, 0) is 145 Å². The van der Waals surface area contributed by atoms with Crippen LogP contribution in [0, 0.1) is 0 Å². The molecule has 0 aromatic heterocycles. The van der Waals surface area contributed by atoms with Crippen LogP contribution in [-0.2, 0) is 0 Å². The molecule has 0 amide bonds. The molecular formula is C60H132O16.